The molecule has 2 aromatic carbocycles. The maximum atomic E-state index is 12.8. The smallest absolute Gasteiger partial charge is 0.338 e. The molecule has 0 fully saturated rings. The highest BCUT2D eigenvalue weighted by Gasteiger charge is 2.29. The van der Waals surface area contributed by atoms with Gasteiger partial charge in [0.15, 0.2) is 0 Å². The summed E-state index contributed by atoms with van der Waals surface area (Å²) >= 11 is 0. The van der Waals surface area contributed by atoms with Crippen LogP contribution in [-0.2, 0) is 19.6 Å². The largest absolute Gasteiger partial charge is 0.462 e. The maximum Gasteiger partial charge on any atom is 0.338 e. The van der Waals surface area contributed by atoms with Crippen molar-refractivity contribution in [2.75, 3.05) is 22.5 Å². The fourth-order valence-electron chi connectivity index (χ4n) is 2.72. The van der Waals surface area contributed by atoms with Crippen LogP contribution in [0.15, 0.2) is 48.5 Å². The second kappa shape index (κ2) is 8.88. The van der Waals surface area contributed by atoms with Gasteiger partial charge in [0.1, 0.15) is 6.04 Å². The summed E-state index contributed by atoms with van der Waals surface area (Å²) in [6.45, 7) is 5.24. The minimum atomic E-state index is -3.70. The zero-order chi connectivity index (χ0) is 20.9. The van der Waals surface area contributed by atoms with E-state index in [9.17, 15) is 18.0 Å². The molecule has 2 rings (SSSR count). The first-order valence-electron chi connectivity index (χ1n) is 8.78. The Morgan fingerprint density at radius 3 is 2.36 bits per heavy atom. The average Bonchev–Trinajstić information content (AvgIpc) is 2.63. The molecule has 0 aliphatic carbocycles. The lowest BCUT2D eigenvalue weighted by atomic mass is 10.1. The van der Waals surface area contributed by atoms with Gasteiger partial charge >= 0.3 is 5.97 Å². The molecule has 0 unspecified atom stereocenters. The summed E-state index contributed by atoms with van der Waals surface area (Å²) in [5, 5.41) is 2.72. The molecule has 0 aliphatic heterocycles. The average molecular weight is 404 g/mol. The zero-order valence-electron chi connectivity index (χ0n) is 16.3. The molecule has 0 aliphatic rings. The van der Waals surface area contributed by atoms with E-state index in [0.29, 0.717) is 16.9 Å². The molecule has 0 heterocycles. The van der Waals surface area contributed by atoms with Crippen LogP contribution in [0.25, 0.3) is 0 Å². The van der Waals surface area contributed by atoms with Crippen molar-refractivity contribution in [3.05, 3.63) is 59.7 Å². The van der Waals surface area contributed by atoms with E-state index in [2.05, 4.69) is 5.32 Å². The number of nitrogens with one attached hydrogen (secondary N) is 1. The van der Waals surface area contributed by atoms with Gasteiger partial charge in [0.2, 0.25) is 15.9 Å². The molecule has 1 atom stereocenters. The van der Waals surface area contributed by atoms with Crippen LogP contribution in [-0.4, -0.2) is 39.2 Å². The molecule has 28 heavy (non-hydrogen) atoms. The first-order chi connectivity index (χ1) is 13.1. The predicted molar refractivity (Wildman–Crippen MR) is 109 cm³/mol. The number of rotatable bonds is 7. The summed E-state index contributed by atoms with van der Waals surface area (Å²) in [5.41, 5.74) is 1.85. The topological polar surface area (TPSA) is 92.8 Å². The van der Waals surface area contributed by atoms with E-state index in [1.165, 1.54) is 13.0 Å². The summed E-state index contributed by atoms with van der Waals surface area (Å²) in [6, 6.07) is 12.2. The number of anilines is 2. The number of sulfonamides is 1. The summed E-state index contributed by atoms with van der Waals surface area (Å²) in [4.78, 5) is 24.7. The van der Waals surface area contributed by atoms with Crippen LogP contribution in [0.5, 0.6) is 0 Å². The highest BCUT2D eigenvalue weighted by Crippen LogP contribution is 2.23. The number of amides is 1. The Balaban J connectivity index is 2.30. The number of nitrogens with zero attached hydrogens (tertiary/aromatic N) is 1. The van der Waals surface area contributed by atoms with Crippen LogP contribution in [0, 0.1) is 6.92 Å². The second-order valence-corrected chi connectivity index (χ2v) is 8.17. The van der Waals surface area contributed by atoms with Crippen molar-refractivity contribution >= 4 is 33.3 Å². The second-order valence-electron chi connectivity index (χ2n) is 6.31. The van der Waals surface area contributed by atoms with Crippen molar-refractivity contribution in [3.8, 4) is 0 Å². The first-order valence-corrected chi connectivity index (χ1v) is 10.6. The summed E-state index contributed by atoms with van der Waals surface area (Å²) in [7, 11) is -3.70. The monoisotopic (exact) mass is 404 g/mol. The van der Waals surface area contributed by atoms with Crippen LogP contribution in [0.4, 0.5) is 11.4 Å². The van der Waals surface area contributed by atoms with Gasteiger partial charge in [-0.25, -0.2) is 13.2 Å². The van der Waals surface area contributed by atoms with E-state index in [-0.39, 0.29) is 6.61 Å². The quantitative estimate of drug-likeness (QED) is 0.716. The Bertz CT molecular complexity index is 958. The van der Waals surface area contributed by atoms with Crippen LogP contribution >= 0.6 is 0 Å². The lowest BCUT2D eigenvalue weighted by molar-refractivity contribution is -0.116. The van der Waals surface area contributed by atoms with Crippen molar-refractivity contribution in [1.82, 2.24) is 0 Å². The number of aryl methyl sites for hydroxylation is 1. The zero-order valence-corrected chi connectivity index (χ0v) is 17.1. The van der Waals surface area contributed by atoms with Gasteiger partial charge in [0.05, 0.1) is 24.1 Å². The number of hydrogen-bond acceptors (Lipinski definition) is 5. The summed E-state index contributed by atoms with van der Waals surface area (Å²) in [6.07, 6.45) is 1.05. The molecule has 7 nitrogen and oxygen atoms in total. The highest BCUT2D eigenvalue weighted by molar-refractivity contribution is 7.92. The van der Waals surface area contributed by atoms with Crippen LogP contribution < -0.4 is 9.62 Å². The Morgan fingerprint density at radius 2 is 1.79 bits per heavy atom. The molecule has 1 amide bonds. The first kappa shape index (κ1) is 21.4. The van der Waals surface area contributed by atoms with Gasteiger partial charge in [-0.2, -0.15) is 0 Å². The molecule has 0 saturated heterocycles. The van der Waals surface area contributed by atoms with Crippen LogP contribution in [0.1, 0.15) is 29.8 Å². The van der Waals surface area contributed by atoms with Crippen LogP contribution in [0.2, 0.25) is 0 Å². The predicted octanol–water partition coefficient (Wildman–Crippen LogP) is 2.96. The van der Waals surface area contributed by atoms with Gasteiger partial charge in [0.25, 0.3) is 0 Å². The summed E-state index contributed by atoms with van der Waals surface area (Å²) in [5.74, 6) is -1.01. The number of carbonyl (C=O) groups excluding carboxylic acids is 2. The molecular weight excluding hydrogens is 380 g/mol. The van der Waals surface area contributed by atoms with Crippen molar-refractivity contribution < 1.29 is 22.7 Å². The minimum Gasteiger partial charge on any atom is -0.462 e. The third-order valence-corrected chi connectivity index (χ3v) is 5.35. The Kier molecular flexibility index (Phi) is 6.80. The van der Waals surface area contributed by atoms with Gasteiger partial charge in [-0.1, -0.05) is 24.3 Å². The van der Waals surface area contributed by atoms with Gasteiger partial charge in [0, 0.05) is 5.69 Å². The molecule has 0 radical (unpaired) electrons. The molecule has 0 bridgehead atoms. The van der Waals surface area contributed by atoms with E-state index >= 15 is 0 Å². The fraction of sp³-hybridized carbons (Fsp3) is 0.300. The number of benzene rings is 2. The Hall–Kier alpha value is -2.87. The normalized spacial score (nSPS) is 12.1. The lowest BCUT2D eigenvalue weighted by Crippen LogP contribution is -2.45. The Morgan fingerprint density at radius 1 is 1.14 bits per heavy atom. The third-order valence-electron chi connectivity index (χ3n) is 4.11. The maximum absolute atomic E-state index is 12.8. The van der Waals surface area contributed by atoms with E-state index in [4.69, 9.17) is 4.74 Å². The van der Waals surface area contributed by atoms with Crippen LogP contribution in [0.3, 0.4) is 0 Å². The van der Waals surface area contributed by atoms with E-state index < -0.39 is 27.9 Å². The number of para-hydroxylation sites is 1. The number of carbonyl (C=O) groups is 2. The highest BCUT2D eigenvalue weighted by atomic mass is 32.2. The molecule has 8 heteroatoms. The summed E-state index contributed by atoms with van der Waals surface area (Å²) < 4.78 is 30.6. The minimum absolute atomic E-state index is 0.242. The molecule has 0 aromatic heterocycles. The number of esters is 1. The van der Waals surface area contributed by atoms with Crippen molar-refractivity contribution in [3.63, 3.8) is 0 Å². The van der Waals surface area contributed by atoms with Crippen molar-refractivity contribution in [2.45, 2.75) is 26.8 Å². The van der Waals surface area contributed by atoms with E-state index in [1.54, 1.807) is 56.3 Å². The van der Waals surface area contributed by atoms with Gasteiger partial charge in [-0.15, -0.1) is 0 Å². The molecule has 150 valence electrons. The number of ether oxygens (including phenoxy) is 1. The van der Waals surface area contributed by atoms with Gasteiger partial charge < -0.3 is 10.1 Å². The van der Waals surface area contributed by atoms with Crippen molar-refractivity contribution in [1.29, 1.82) is 0 Å². The third kappa shape index (κ3) is 5.10. The SMILES string of the molecule is CCOC(=O)c1ccc(C)c(NC(=O)[C@@H](C)N(c2ccccc2)S(C)(=O)=O)c1. The Labute approximate surface area is 165 Å². The molecule has 0 spiro atoms. The van der Waals surface area contributed by atoms with E-state index in [1.807, 2.05) is 0 Å². The lowest BCUT2D eigenvalue weighted by Gasteiger charge is -2.28. The molecular formula is C20H24N2O5S. The fourth-order valence-corrected chi connectivity index (χ4v) is 3.89. The van der Waals surface area contributed by atoms with Gasteiger partial charge in [-0.3, -0.25) is 9.10 Å². The molecule has 1 N–H and O–H groups in total. The molecule has 0 saturated carbocycles. The molecule has 2 aromatic rings. The number of hydrogen-bond donors (Lipinski definition) is 1. The van der Waals surface area contributed by atoms with Gasteiger partial charge in [-0.05, 0) is 50.6 Å². The van der Waals surface area contributed by atoms with Crippen molar-refractivity contribution in [2.24, 2.45) is 0 Å². The standard InChI is InChI=1S/C20H24N2O5S/c1-5-27-20(24)16-12-11-14(2)18(13-16)21-19(23)15(3)22(28(4,25)26)17-9-7-6-8-10-17/h6-13,15H,5H2,1-4H3,(H,21,23)/t15-/m1/s1. The van der Waals surface area contributed by atoms with E-state index in [0.717, 1.165) is 16.1 Å².